The van der Waals surface area contributed by atoms with Gasteiger partial charge in [-0.1, -0.05) is 30.3 Å². The molecule has 3 aromatic rings. The molecule has 0 aromatic heterocycles. The van der Waals surface area contributed by atoms with Crippen LogP contribution in [0.3, 0.4) is 0 Å². The lowest BCUT2D eigenvalue weighted by atomic mass is 10.1. The molecule has 2 N–H and O–H groups in total. The van der Waals surface area contributed by atoms with Gasteiger partial charge in [0.15, 0.2) is 0 Å². The number of nitriles is 1. The zero-order valence-corrected chi connectivity index (χ0v) is 19.2. The lowest BCUT2D eigenvalue weighted by Crippen LogP contribution is -2.20. The van der Waals surface area contributed by atoms with Gasteiger partial charge in [0, 0.05) is 24.1 Å². The zero-order chi connectivity index (χ0) is 24.3. The van der Waals surface area contributed by atoms with Gasteiger partial charge in [0.1, 0.15) is 12.4 Å². The number of amides is 2. The highest BCUT2D eigenvalue weighted by atomic mass is 16.5. The number of rotatable bonds is 9. The van der Waals surface area contributed by atoms with Crippen molar-refractivity contribution >= 4 is 23.7 Å². The van der Waals surface area contributed by atoms with Gasteiger partial charge in [0.05, 0.1) is 17.8 Å². The summed E-state index contributed by atoms with van der Waals surface area (Å²) in [5, 5.41) is 15.9. The molecule has 172 valence electrons. The van der Waals surface area contributed by atoms with Crippen LogP contribution in [-0.2, 0) is 16.2 Å². The van der Waals surface area contributed by atoms with Crippen LogP contribution in [0, 0.1) is 25.2 Å². The number of anilines is 1. The van der Waals surface area contributed by atoms with Gasteiger partial charge < -0.3 is 10.1 Å². The van der Waals surface area contributed by atoms with Crippen molar-refractivity contribution in [3.63, 3.8) is 0 Å². The van der Waals surface area contributed by atoms with Crippen LogP contribution in [0.25, 0.3) is 0 Å². The number of hydrogen-bond acceptors (Lipinski definition) is 5. The predicted molar refractivity (Wildman–Crippen MR) is 131 cm³/mol. The molecule has 2 amide bonds. The van der Waals surface area contributed by atoms with E-state index in [1.807, 2.05) is 50.2 Å². The normalized spacial score (nSPS) is 10.5. The average Bonchev–Trinajstić information content (AvgIpc) is 2.84. The summed E-state index contributed by atoms with van der Waals surface area (Å²) >= 11 is 0. The van der Waals surface area contributed by atoms with Crippen molar-refractivity contribution in [3.8, 4) is 11.8 Å². The highest BCUT2D eigenvalue weighted by Gasteiger charge is 2.08. The molecule has 0 aliphatic carbocycles. The Morgan fingerprint density at radius 1 is 1.00 bits per heavy atom. The van der Waals surface area contributed by atoms with Crippen LogP contribution in [0.2, 0.25) is 0 Å². The van der Waals surface area contributed by atoms with Crippen LogP contribution in [0.4, 0.5) is 5.69 Å². The molecule has 3 rings (SSSR count). The smallest absolute Gasteiger partial charge is 0.240 e. The van der Waals surface area contributed by atoms with Crippen molar-refractivity contribution in [2.45, 2.75) is 33.3 Å². The fraction of sp³-hybridized carbons (Fsp3) is 0.185. The van der Waals surface area contributed by atoms with Crippen molar-refractivity contribution in [2.75, 3.05) is 5.32 Å². The number of hydrogen-bond donors (Lipinski definition) is 2. The topological polar surface area (TPSA) is 104 Å². The zero-order valence-electron chi connectivity index (χ0n) is 19.2. The Labute approximate surface area is 199 Å². The Hall–Kier alpha value is -4.44. The molecule has 0 radical (unpaired) electrons. The Bertz CT molecular complexity index is 1230. The lowest BCUT2D eigenvalue weighted by molar-refractivity contribution is -0.124. The van der Waals surface area contributed by atoms with Crippen molar-refractivity contribution in [3.05, 3.63) is 94.5 Å². The third-order valence-electron chi connectivity index (χ3n) is 5.06. The maximum Gasteiger partial charge on any atom is 0.240 e. The summed E-state index contributed by atoms with van der Waals surface area (Å²) in [6.45, 7) is 4.17. The fourth-order valence-corrected chi connectivity index (χ4v) is 3.11. The van der Waals surface area contributed by atoms with E-state index in [0.717, 1.165) is 27.9 Å². The van der Waals surface area contributed by atoms with E-state index in [4.69, 9.17) is 10.00 Å². The van der Waals surface area contributed by atoms with Crippen LogP contribution >= 0.6 is 0 Å². The van der Waals surface area contributed by atoms with Crippen LogP contribution in [0.5, 0.6) is 5.75 Å². The quantitative estimate of drug-likeness (QED) is 0.364. The van der Waals surface area contributed by atoms with Gasteiger partial charge in [-0.15, -0.1) is 0 Å². The molecule has 0 unspecified atom stereocenters. The van der Waals surface area contributed by atoms with Crippen LogP contribution < -0.4 is 15.5 Å². The largest absolute Gasteiger partial charge is 0.489 e. The summed E-state index contributed by atoms with van der Waals surface area (Å²) in [6.07, 6.45) is 1.61. The van der Waals surface area contributed by atoms with E-state index < -0.39 is 0 Å². The van der Waals surface area contributed by atoms with Gasteiger partial charge in [0.2, 0.25) is 11.8 Å². The second-order valence-corrected chi connectivity index (χ2v) is 7.79. The third kappa shape index (κ3) is 7.31. The molecule has 0 saturated heterocycles. The molecule has 0 atom stereocenters. The summed E-state index contributed by atoms with van der Waals surface area (Å²) in [7, 11) is 0. The number of carbonyl (C=O) groups excluding carboxylic acids is 2. The predicted octanol–water partition coefficient (Wildman–Crippen LogP) is 4.62. The van der Waals surface area contributed by atoms with E-state index in [-0.39, 0.29) is 24.7 Å². The second-order valence-electron chi connectivity index (χ2n) is 7.79. The molecular formula is C27H26N4O3. The Balaban J connectivity index is 1.41. The number of nitrogens with one attached hydrogen (secondary N) is 2. The van der Waals surface area contributed by atoms with Crippen LogP contribution in [0.15, 0.2) is 71.8 Å². The molecule has 7 heteroatoms. The number of carbonyl (C=O) groups is 2. The van der Waals surface area contributed by atoms with Gasteiger partial charge in [-0.3, -0.25) is 9.59 Å². The van der Waals surface area contributed by atoms with E-state index in [1.54, 1.807) is 30.3 Å². The van der Waals surface area contributed by atoms with Crippen molar-refractivity contribution < 1.29 is 14.3 Å². The minimum atomic E-state index is -0.344. The molecule has 0 fully saturated rings. The fourth-order valence-electron chi connectivity index (χ4n) is 3.11. The number of nitrogens with zero attached hydrogens (tertiary/aromatic N) is 2. The monoisotopic (exact) mass is 454 g/mol. The summed E-state index contributed by atoms with van der Waals surface area (Å²) in [6, 6.07) is 22.4. The lowest BCUT2D eigenvalue weighted by Gasteiger charge is -2.09. The second kappa shape index (κ2) is 12.0. The summed E-state index contributed by atoms with van der Waals surface area (Å²) in [4.78, 5) is 24.1. The van der Waals surface area contributed by atoms with Crippen LogP contribution in [-0.4, -0.2) is 18.0 Å². The molecular weight excluding hydrogens is 428 g/mol. The molecule has 0 heterocycles. The molecule has 7 nitrogen and oxygen atoms in total. The Morgan fingerprint density at radius 3 is 2.50 bits per heavy atom. The first kappa shape index (κ1) is 24.2. The van der Waals surface area contributed by atoms with Crippen molar-refractivity contribution in [2.24, 2.45) is 5.10 Å². The van der Waals surface area contributed by atoms with E-state index in [2.05, 4.69) is 21.9 Å². The first-order valence-corrected chi connectivity index (χ1v) is 10.8. The third-order valence-corrected chi connectivity index (χ3v) is 5.06. The summed E-state index contributed by atoms with van der Waals surface area (Å²) in [5.41, 5.74) is 7.39. The van der Waals surface area contributed by atoms with E-state index in [9.17, 15) is 9.59 Å². The maximum atomic E-state index is 12.1. The standard InChI is InChI=1S/C27H26N4O3/c1-19-7-8-20(2)25(15-19)30-26(32)13-14-27(33)31-29-17-21-9-11-24(12-10-21)34-18-23-6-4-3-5-22(23)16-28/h3-12,15,17H,13-14,18H2,1-2H3,(H,30,32)(H,31,33). The minimum absolute atomic E-state index is 0.0327. The van der Waals surface area contributed by atoms with Crippen molar-refractivity contribution in [1.82, 2.24) is 5.43 Å². The van der Waals surface area contributed by atoms with Gasteiger partial charge in [0.25, 0.3) is 0 Å². The maximum absolute atomic E-state index is 12.1. The molecule has 0 saturated carbocycles. The average molecular weight is 455 g/mol. The Morgan fingerprint density at radius 2 is 1.74 bits per heavy atom. The summed E-state index contributed by atoms with van der Waals surface area (Å²) < 4.78 is 5.74. The first-order valence-electron chi connectivity index (χ1n) is 10.8. The first-order chi connectivity index (χ1) is 16.4. The van der Waals surface area contributed by atoms with Crippen LogP contribution in [0.1, 0.15) is 40.7 Å². The summed E-state index contributed by atoms with van der Waals surface area (Å²) in [5.74, 6) is 0.0908. The molecule has 34 heavy (non-hydrogen) atoms. The number of aryl methyl sites for hydroxylation is 2. The number of ether oxygens (including phenoxy) is 1. The molecule has 3 aromatic carbocycles. The highest BCUT2D eigenvalue weighted by molar-refractivity contribution is 5.94. The van der Waals surface area contributed by atoms with E-state index >= 15 is 0 Å². The van der Waals surface area contributed by atoms with Gasteiger partial charge in [-0.05, 0) is 66.9 Å². The molecule has 0 spiro atoms. The molecule has 0 bridgehead atoms. The van der Waals surface area contributed by atoms with Crippen molar-refractivity contribution in [1.29, 1.82) is 5.26 Å². The SMILES string of the molecule is Cc1ccc(C)c(NC(=O)CCC(=O)NN=Cc2ccc(OCc3ccccc3C#N)cc2)c1. The minimum Gasteiger partial charge on any atom is -0.489 e. The molecule has 0 aliphatic rings. The Kier molecular flexibility index (Phi) is 8.53. The van der Waals surface area contributed by atoms with Gasteiger partial charge in [-0.2, -0.15) is 10.4 Å². The molecule has 0 aliphatic heterocycles. The number of hydrazone groups is 1. The van der Waals surface area contributed by atoms with Gasteiger partial charge in [-0.25, -0.2) is 5.43 Å². The highest BCUT2D eigenvalue weighted by Crippen LogP contribution is 2.17. The van der Waals surface area contributed by atoms with E-state index in [0.29, 0.717) is 17.9 Å². The van der Waals surface area contributed by atoms with E-state index in [1.165, 1.54) is 6.21 Å². The number of benzene rings is 3. The van der Waals surface area contributed by atoms with Gasteiger partial charge >= 0.3 is 0 Å².